The van der Waals surface area contributed by atoms with Crippen LogP contribution >= 0.6 is 11.6 Å². The Morgan fingerprint density at radius 2 is 2.00 bits per heavy atom. The van der Waals surface area contributed by atoms with E-state index >= 15 is 0 Å². The Balaban J connectivity index is 1.34. The topological polar surface area (TPSA) is 96.9 Å². The molecule has 0 aliphatic carbocycles. The van der Waals surface area contributed by atoms with Gasteiger partial charge in [0.15, 0.2) is 5.69 Å². The largest absolute Gasteiger partial charge is 0.446 e. The Bertz CT molecular complexity index is 1120. The van der Waals surface area contributed by atoms with Crippen LogP contribution in [0.15, 0.2) is 65.4 Å². The van der Waals surface area contributed by atoms with Gasteiger partial charge >= 0.3 is 0 Å². The van der Waals surface area contributed by atoms with E-state index in [2.05, 4.69) is 15.3 Å². The van der Waals surface area contributed by atoms with Crippen LogP contribution in [0, 0.1) is 0 Å². The molecule has 0 saturated heterocycles. The molecule has 0 aliphatic heterocycles. The first-order chi connectivity index (χ1) is 14.1. The average Bonchev–Trinajstić information content (AvgIpc) is 3.37. The molecule has 2 aromatic heterocycles. The Kier molecular flexibility index (Phi) is 5.64. The normalized spacial score (nSPS) is 12.2. The Hall–Kier alpha value is -3.09. The zero-order chi connectivity index (χ0) is 20.2. The van der Waals surface area contributed by atoms with E-state index in [-0.39, 0.29) is 11.6 Å². The average molecular weight is 409 g/mol. The van der Waals surface area contributed by atoms with Gasteiger partial charge in [0, 0.05) is 28.7 Å². The number of hydrogen-bond acceptors (Lipinski definition) is 4. The number of amides is 1. The van der Waals surface area contributed by atoms with Gasteiger partial charge in [0.05, 0.1) is 6.04 Å². The van der Waals surface area contributed by atoms with E-state index in [1.54, 1.807) is 0 Å². The SMILES string of the molecule is NC(Cc1c[nH]c2ccccc12)c1nc(C(=O)NCCc2ccc(Cl)cc2)co1. The third kappa shape index (κ3) is 4.50. The Morgan fingerprint density at radius 1 is 1.21 bits per heavy atom. The molecule has 0 aliphatic rings. The lowest BCUT2D eigenvalue weighted by Gasteiger charge is -2.06. The molecule has 4 rings (SSSR count). The predicted molar refractivity (Wildman–Crippen MR) is 113 cm³/mol. The summed E-state index contributed by atoms with van der Waals surface area (Å²) in [6.45, 7) is 0.490. The summed E-state index contributed by atoms with van der Waals surface area (Å²) in [6.07, 6.45) is 4.55. The maximum atomic E-state index is 12.3. The number of nitrogens with zero attached hydrogens (tertiary/aromatic N) is 1. The van der Waals surface area contributed by atoms with E-state index in [1.165, 1.54) is 6.26 Å². The van der Waals surface area contributed by atoms with Crippen LogP contribution in [-0.2, 0) is 12.8 Å². The van der Waals surface area contributed by atoms with Crippen molar-refractivity contribution in [1.82, 2.24) is 15.3 Å². The number of fused-ring (bicyclic) bond motifs is 1. The standard InChI is InChI=1S/C22H21ClN4O2/c23-16-7-5-14(6-8-16)9-10-25-21(28)20-13-29-22(27-20)18(24)11-15-12-26-19-4-2-1-3-17(15)19/h1-8,12-13,18,26H,9-11,24H2,(H,25,28). The molecule has 0 saturated carbocycles. The van der Waals surface area contributed by atoms with Gasteiger partial charge in [-0.05, 0) is 42.2 Å². The molecule has 2 aromatic carbocycles. The molecule has 1 atom stereocenters. The number of hydrogen-bond donors (Lipinski definition) is 3. The van der Waals surface area contributed by atoms with Gasteiger partial charge in [-0.1, -0.05) is 41.9 Å². The summed E-state index contributed by atoms with van der Waals surface area (Å²) in [4.78, 5) is 19.8. The third-order valence-electron chi connectivity index (χ3n) is 4.80. The highest BCUT2D eigenvalue weighted by Gasteiger charge is 2.18. The van der Waals surface area contributed by atoms with Crippen LogP contribution in [0.4, 0.5) is 0 Å². The summed E-state index contributed by atoms with van der Waals surface area (Å²) in [5.74, 6) is 0.0615. The fourth-order valence-electron chi connectivity index (χ4n) is 3.25. The number of rotatable bonds is 7. The molecule has 0 fully saturated rings. The highest BCUT2D eigenvalue weighted by molar-refractivity contribution is 6.30. The molecule has 29 heavy (non-hydrogen) atoms. The van der Waals surface area contributed by atoms with E-state index < -0.39 is 6.04 Å². The zero-order valence-corrected chi connectivity index (χ0v) is 16.4. The van der Waals surface area contributed by atoms with Crippen molar-refractivity contribution in [2.75, 3.05) is 6.54 Å². The van der Waals surface area contributed by atoms with Crippen LogP contribution in [0.2, 0.25) is 5.02 Å². The van der Waals surface area contributed by atoms with E-state index in [1.807, 2.05) is 54.7 Å². The zero-order valence-electron chi connectivity index (χ0n) is 15.7. The summed E-state index contributed by atoms with van der Waals surface area (Å²) in [5.41, 5.74) is 9.73. The number of nitrogens with one attached hydrogen (secondary N) is 2. The van der Waals surface area contributed by atoms with Crippen LogP contribution in [0.1, 0.15) is 33.5 Å². The molecule has 7 heteroatoms. The highest BCUT2D eigenvalue weighted by Crippen LogP contribution is 2.23. The summed E-state index contributed by atoms with van der Waals surface area (Å²) < 4.78 is 5.46. The van der Waals surface area contributed by atoms with Gasteiger partial charge in [-0.3, -0.25) is 4.79 Å². The van der Waals surface area contributed by atoms with Crippen LogP contribution in [0.25, 0.3) is 10.9 Å². The number of carbonyl (C=O) groups is 1. The van der Waals surface area contributed by atoms with Crippen LogP contribution in [0.3, 0.4) is 0 Å². The summed E-state index contributed by atoms with van der Waals surface area (Å²) >= 11 is 5.88. The quantitative estimate of drug-likeness (QED) is 0.430. The van der Waals surface area contributed by atoms with E-state index in [9.17, 15) is 4.79 Å². The van der Waals surface area contributed by atoms with Crippen molar-refractivity contribution in [2.45, 2.75) is 18.9 Å². The number of nitrogens with two attached hydrogens (primary N) is 1. The van der Waals surface area contributed by atoms with E-state index in [0.717, 1.165) is 22.0 Å². The van der Waals surface area contributed by atoms with Crippen molar-refractivity contribution in [3.63, 3.8) is 0 Å². The Morgan fingerprint density at radius 3 is 2.83 bits per heavy atom. The fraction of sp³-hybridized carbons (Fsp3) is 0.182. The minimum atomic E-state index is -0.440. The first-order valence-corrected chi connectivity index (χ1v) is 9.76. The molecule has 0 spiro atoms. The molecule has 4 aromatic rings. The number of halogens is 1. The van der Waals surface area contributed by atoms with Gasteiger partial charge in [-0.25, -0.2) is 4.98 Å². The van der Waals surface area contributed by atoms with Crippen LogP contribution in [0.5, 0.6) is 0 Å². The molecule has 1 amide bonds. The predicted octanol–water partition coefficient (Wildman–Crippen LogP) is 4.02. The summed E-state index contributed by atoms with van der Waals surface area (Å²) in [7, 11) is 0. The monoisotopic (exact) mass is 408 g/mol. The van der Waals surface area contributed by atoms with Crippen molar-refractivity contribution in [3.05, 3.63) is 88.7 Å². The van der Waals surface area contributed by atoms with Crippen molar-refractivity contribution < 1.29 is 9.21 Å². The van der Waals surface area contributed by atoms with Gasteiger partial charge < -0.3 is 20.5 Å². The van der Waals surface area contributed by atoms with Gasteiger partial charge in [0.25, 0.3) is 5.91 Å². The maximum Gasteiger partial charge on any atom is 0.273 e. The number of para-hydroxylation sites is 1. The second-order valence-electron chi connectivity index (χ2n) is 6.87. The number of aromatic nitrogens is 2. The molecule has 148 valence electrons. The first kappa shape index (κ1) is 19.2. The number of H-pyrrole nitrogens is 1. The molecule has 1 unspecified atom stereocenters. The van der Waals surface area contributed by atoms with Gasteiger partial charge in [0.2, 0.25) is 5.89 Å². The lowest BCUT2D eigenvalue weighted by molar-refractivity contribution is 0.0949. The molecule has 0 radical (unpaired) electrons. The lowest BCUT2D eigenvalue weighted by Crippen LogP contribution is -2.26. The van der Waals surface area contributed by atoms with Gasteiger partial charge in [-0.2, -0.15) is 0 Å². The van der Waals surface area contributed by atoms with E-state index in [4.69, 9.17) is 21.8 Å². The third-order valence-corrected chi connectivity index (χ3v) is 5.05. The van der Waals surface area contributed by atoms with Crippen molar-refractivity contribution in [2.24, 2.45) is 5.73 Å². The number of oxazole rings is 1. The number of carbonyl (C=O) groups excluding carboxylic acids is 1. The first-order valence-electron chi connectivity index (χ1n) is 9.39. The molecule has 2 heterocycles. The van der Waals surface area contributed by atoms with Crippen LogP contribution in [-0.4, -0.2) is 22.4 Å². The highest BCUT2D eigenvalue weighted by atomic mass is 35.5. The lowest BCUT2D eigenvalue weighted by atomic mass is 10.1. The van der Waals surface area contributed by atoms with Crippen LogP contribution < -0.4 is 11.1 Å². The number of aromatic amines is 1. The van der Waals surface area contributed by atoms with Gasteiger partial charge in [-0.15, -0.1) is 0 Å². The summed E-state index contributed by atoms with van der Waals surface area (Å²) in [6, 6.07) is 15.1. The minimum absolute atomic E-state index is 0.227. The maximum absolute atomic E-state index is 12.3. The second-order valence-corrected chi connectivity index (χ2v) is 7.31. The molecule has 6 nitrogen and oxygen atoms in total. The van der Waals surface area contributed by atoms with Crippen molar-refractivity contribution >= 4 is 28.4 Å². The van der Waals surface area contributed by atoms with E-state index in [0.29, 0.717) is 30.3 Å². The summed E-state index contributed by atoms with van der Waals surface area (Å²) in [5, 5.41) is 4.66. The van der Waals surface area contributed by atoms with Gasteiger partial charge in [0.1, 0.15) is 6.26 Å². The fourth-order valence-corrected chi connectivity index (χ4v) is 3.37. The van der Waals surface area contributed by atoms with Crippen molar-refractivity contribution in [3.8, 4) is 0 Å². The minimum Gasteiger partial charge on any atom is -0.446 e. The molecule has 0 bridgehead atoms. The smallest absolute Gasteiger partial charge is 0.273 e. The molecule has 4 N–H and O–H groups in total. The molecular formula is C22H21ClN4O2. The Labute approximate surface area is 173 Å². The molecular weight excluding hydrogens is 388 g/mol. The number of benzene rings is 2. The van der Waals surface area contributed by atoms with Crippen molar-refractivity contribution in [1.29, 1.82) is 0 Å². The second kappa shape index (κ2) is 8.51.